The number of carboxylic acids is 1. The molecule has 1 aromatic carbocycles. The van der Waals surface area contributed by atoms with E-state index >= 15 is 4.39 Å². The van der Waals surface area contributed by atoms with E-state index in [1.165, 1.54) is 11.0 Å². The van der Waals surface area contributed by atoms with Gasteiger partial charge in [-0.1, -0.05) is 53.1 Å². The highest BCUT2D eigenvalue weighted by Crippen LogP contribution is 2.44. The molecule has 0 unspecified atom stereocenters. The number of aliphatic carboxylic acids is 1. The van der Waals surface area contributed by atoms with Crippen molar-refractivity contribution in [1.82, 2.24) is 4.90 Å². The molecule has 1 heterocycles. The first-order valence-corrected chi connectivity index (χ1v) is 10.8. The SMILES string of the molecule is CC(C)C1=CN(CCC(=O)O)C(=O)C[C@@]1(C)c1cc(F)c(CCC(C)(C)C)c(Cl)c1. The molecule has 0 aromatic heterocycles. The van der Waals surface area contributed by atoms with E-state index in [9.17, 15) is 9.59 Å². The van der Waals surface area contributed by atoms with Crippen LogP contribution >= 0.6 is 11.6 Å². The summed E-state index contributed by atoms with van der Waals surface area (Å²) in [5.41, 5.74) is 1.53. The molecule has 1 aliphatic rings. The highest BCUT2D eigenvalue weighted by Gasteiger charge is 2.41. The van der Waals surface area contributed by atoms with E-state index in [1.807, 2.05) is 20.8 Å². The number of carbonyl (C=O) groups excluding carboxylic acids is 1. The van der Waals surface area contributed by atoms with E-state index in [-0.39, 0.29) is 42.4 Å². The zero-order valence-corrected chi connectivity index (χ0v) is 19.6. The summed E-state index contributed by atoms with van der Waals surface area (Å²) in [6, 6.07) is 3.30. The maximum absolute atomic E-state index is 15.1. The normalized spacial score (nSPS) is 20.0. The van der Waals surface area contributed by atoms with Crippen LogP contribution in [0.4, 0.5) is 4.39 Å². The van der Waals surface area contributed by atoms with Crippen LogP contribution in [0.2, 0.25) is 5.02 Å². The van der Waals surface area contributed by atoms with Crippen LogP contribution < -0.4 is 0 Å². The number of hydrogen-bond acceptors (Lipinski definition) is 2. The molecule has 0 saturated carbocycles. The fraction of sp³-hybridized carbons (Fsp3) is 0.583. The average molecular weight is 438 g/mol. The Morgan fingerprint density at radius 2 is 1.97 bits per heavy atom. The topological polar surface area (TPSA) is 57.6 Å². The van der Waals surface area contributed by atoms with Crippen LogP contribution in [0, 0.1) is 17.2 Å². The number of carboxylic acid groups (broad SMARTS) is 1. The van der Waals surface area contributed by atoms with Crippen molar-refractivity contribution < 1.29 is 19.1 Å². The third-order valence-corrected chi connectivity index (χ3v) is 6.19. The van der Waals surface area contributed by atoms with Crippen molar-refractivity contribution in [3.63, 3.8) is 0 Å². The molecule has 0 radical (unpaired) electrons. The second-order valence-electron chi connectivity index (χ2n) is 9.96. The van der Waals surface area contributed by atoms with E-state index in [2.05, 4.69) is 20.8 Å². The van der Waals surface area contributed by atoms with Crippen LogP contribution in [-0.2, 0) is 21.4 Å². The number of carbonyl (C=O) groups is 2. The van der Waals surface area contributed by atoms with E-state index < -0.39 is 11.4 Å². The predicted octanol–water partition coefficient (Wildman–Crippen LogP) is 5.96. The lowest BCUT2D eigenvalue weighted by molar-refractivity contribution is -0.138. The third-order valence-electron chi connectivity index (χ3n) is 5.85. The summed E-state index contributed by atoms with van der Waals surface area (Å²) in [5.74, 6) is -1.36. The van der Waals surface area contributed by atoms with Crippen molar-refractivity contribution in [2.45, 2.75) is 72.6 Å². The minimum absolute atomic E-state index is 0.0726. The highest BCUT2D eigenvalue weighted by atomic mass is 35.5. The van der Waals surface area contributed by atoms with Crippen LogP contribution in [0.15, 0.2) is 23.9 Å². The van der Waals surface area contributed by atoms with E-state index in [4.69, 9.17) is 16.7 Å². The molecule has 1 N–H and O–H groups in total. The summed E-state index contributed by atoms with van der Waals surface area (Å²) >= 11 is 6.50. The Morgan fingerprint density at radius 3 is 2.47 bits per heavy atom. The maximum Gasteiger partial charge on any atom is 0.305 e. The summed E-state index contributed by atoms with van der Waals surface area (Å²) in [4.78, 5) is 25.2. The molecular weight excluding hydrogens is 405 g/mol. The minimum Gasteiger partial charge on any atom is -0.481 e. The molecule has 2 rings (SSSR count). The number of allylic oxidation sites excluding steroid dienone is 1. The fourth-order valence-corrected chi connectivity index (χ4v) is 4.31. The van der Waals surface area contributed by atoms with Gasteiger partial charge < -0.3 is 10.0 Å². The lowest BCUT2D eigenvalue weighted by atomic mass is 9.68. The van der Waals surface area contributed by atoms with E-state index in [0.29, 0.717) is 22.6 Å². The van der Waals surface area contributed by atoms with Gasteiger partial charge in [-0.3, -0.25) is 9.59 Å². The van der Waals surface area contributed by atoms with Gasteiger partial charge in [0.1, 0.15) is 5.82 Å². The largest absolute Gasteiger partial charge is 0.481 e. The second-order valence-corrected chi connectivity index (χ2v) is 10.4. The number of benzene rings is 1. The molecule has 0 bridgehead atoms. The molecule has 4 nitrogen and oxygen atoms in total. The molecule has 1 aliphatic heterocycles. The number of amides is 1. The second kappa shape index (κ2) is 9.09. The summed E-state index contributed by atoms with van der Waals surface area (Å²) in [6.45, 7) is 12.4. The molecule has 1 atom stereocenters. The van der Waals surface area contributed by atoms with Gasteiger partial charge in [-0.15, -0.1) is 0 Å². The van der Waals surface area contributed by atoms with Crippen molar-refractivity contribution >= 4 is 23.5 Å². The molecule has 0 saturated heterocycles. The lowest BCUT2D eigenvalue weighted by Gasteiger charge is -2.41. The Balaban J connectivity index is 2.44. The number of nitrogens with zero attached hydrogens (tertiary/aromatic N) is 1. The van der Waals surface area contributed by atoms with Crippen LogP contribution in [0.5, 0.6) is 0 Å². The molecule has 6 heteroatoms. The monoisotopic (exact) mass is 437 g/mol. The van der Waals surface area contributed by atoms with Crippen LogP contribution in [0.1, 0.15) is 71.9 Å². The summed E-state index contributed by atoms with van der Waals surface area (Å²) in [6.07, 6.45) is 3.15. The summed E-state index contributed by atoms with van der Waals surface area (Å²) < 4.78 is 15.1. The first-order chi connectivity index (χ1) is 13.7. The van der Waals surface area contributed by atoms with Crippen molar-refractivity contribution in [3.8, 4) is 0 Å². The molecule has 0 aliphatic carbocycles. The minimum atomic E-state index is -0.949. The van der Waals surface area contributed by atoms with Crippen molar-refractivity contribution in [2.24, 2.45) is 11.3 Å². The van der Waals surface area contributed by atoms with E-state index in [1.54, 1.807) is 12.3 Å². The van der Waals surface area contributed by atoms with Crippen LogP contribution in [-0.4, -0.2) is 28.4 Å². The first-order valence-electron chi connectivity index (χ1n) is 10.5. The Hall–Kier alpha value is -1.88. The standard InChI is InChI=1S/C24H33ClFNO3/c1-15(2)18-14-27(10-8-22(29)30)21(28)13-24(18,6)16-11-19(25)17(20(26)12-16)7-9-23(3,4)5/h11-12,14-15H,7-10,13H2,1-6H3,(H,29,30)/t24-/m0/s1. The summed E-state index contributed by atoms with van der Waals surface area (Å²) in [5, 5.41) is 9.34. The Bertz CT molecular complexity index is 833. The maximum atomic E-state index is 15.1. The zero-order valence-electron chi connectivity index (χ0n) is 18.8. The van der Waals surface area contributed by atoms with Gasteiger partial charge in [0, 0.05) is 35.2 Å². The molecular formula is C24H33ClFNO3. The zero-order chi connectivity index (χ0) is 22.9. The third kappa shape index (κ3) is 5.63. The molecule has 1 aromatic rings. The van der Waals surface area contributed by atoms with Gasteiger partial charge in [-0.05, 0) is 47.4 Å². The molecule has 0 spiro atoms. The first kappa shape index (κ1) is 24.4. The Labute approximate surface area is 184 Å². The lowest BCUT2D eigenvalue weighted by Crippen LogP contribution is -2.43. The van der Waals surface area contributed by atoms with Gasteiger partial charge in [0.25, 0.3) is 0 Å². The number of rotatable bonds is 7. The quantitative estimate of drug-likeness (QED) is 0.572. The van der Waals surface area contributed by atoms with Crippen molar-refractivity contribution in [3.05, 3.63) is 45.9 Å². The van der Waals surface area contributed by atoms with Crippen molar-refractivity contribution in [2.75, 3.05) is 6.54 Å². The smallest absolute Gasteiger partial charge is 0.305 e. The Kier molecular flexibility index (Phi) is 7.39. The van der Waals surface area contributed by atoms with Gasteiger partial charge in [-0.25, -0.2) is 4.39 Å². The van der Waals surface area contributed by atoms with Gasteiger partial charge in [-0.2, -0.15) is 0 Å². The van der Waals surface area contributed by atoms with Crippen LogP contribution in [0.25, 0.3) is 0 Å². The molecule has 30 heavy (non-hydrogen) atoms. The molecule has 166 valence electrons. The van der Waals surface area contributed by atoms with Crippen LogP contribution in [0.3, 0.4) is 0 Å². The number of hydrogen-bond donors (Lipinski definition) is 1. The van der Waals surface area contributed by atoms with Crippen molar-refractivity contribution in [1.29, 1.82) is 0 Å². The number of halogens is 2. The van der Waals surface area contributed by atoms with Gasteiger partial charge >= 0.3 is 5.97 Å². The van der Waals surface area contributed by atoms with Gasteiger partial charge in [0.15, 0.2) is 0 Å². The highest BCUT2D eigenvalue weighted by molar-refractivity contribution is 6.31. The van der Waals surface area contributed by atoms with Gasteiger partial charge in [0.2, 0.25) is 5.91 Å². The molecule has 0 fully saturated rings. The fourth-order valence-electron chi connectivity index (χ4n) is 4.01. The predicted molar refractivity (Wildman–Crippen MR) is 118 cm³/mol. The summed E-state index contributed by atoms with van der Waals surface area (Å²) in [7, 11) is 0. The average Bonchev–Trinajstić information content (AvgIpc) is 2.58. The van der Waals surface area contributed by atoms with Gasteiger partial charge in [0.05, 0.1) is 6.42 Å². The molecule has 1 amide bonds. The Morgan fingerprint density at radius 1 is 1.33 bits per heavy atom. The van der Waals surface area contributed by atoms with E-state index in [0.717, 1.165) is 12.0 Å².